The Balaban J connectivity index is 2.26. The van der Waals surface area contributed by atoms with Gasteiger partial charge < -0.3 is 41.0 Å². The number of ether oxygens (including phenoxy) is 2. The van der Waals surface area contributed by atoms with E-state index in [4.69, 9.17) is 20.3 Å². The summed E-state index contributed by atoms with van der Waals surface area (Å²) in [4.78, 5) is 17.7. The van der Waals surface area contributed by atoms with Crippen LogP contribution in [0.2, 0.25) is 0 Å². The molecular weight excluding hydrogens is 300 g/mol. The maximum Gasteiger partial charge on any atom is 0.298 e. The third-order valence-corrected chi connectivity index (χ3v) is 3.30. The number of nitrogens with zero attached hydrogens (tertiary/aromatic N) is 1. The van der Waals surface area contributed by atoms with Crippen LogP contribution >= 0.6 is 0 Å². The molecule has 1 aliphatic heterocycles. The molecule has 11 nitrogen and oxygen atoms in total. The second-order valence-corrected chi connectivity index (χ2v) is 4.73. The fourth-order valence-electron chi connectivity index (χ4n) is 2.02. The lowest BCUT2D eigenvalue weighted by molar-refractivity contribution is -0.221. The minimum absolute atomic E-state index is 0.119. The number of nitrogens with two attached hydrogens (primary N) is 1. The van der Waals surface area contributed by atoms with E-state index >= 15 is 0 Å². The molecule has 0 radical (unpaired) electrons. The molecule has 22 heavy (non-hydrogen) atoms. The minimum atomic E-state index is -1.56. The fourth-order valence-corrected chi connectivity index (χ4v) is 2.02. The number of nitrogen functional groups attached to an aromatic ring is 1. The largest absolute Gasteiger partial charge is 0.468 e. The van der Waals surface area contributed by atoms with Gasteiger partial charge in [0.15, 0.2) is 12.0 Å². The summed E-state index contributed by atoms with van der Waals surface area (Å²) in [5.74, 6) is -0.134. The van der Waals surface area contributed by atoms with Crippen molar-refractivity contribution in [2.45, 2.75) is 30.6 Å². The van der Waals surface area contributed by atoms with E-state index < -0.39 is 42.8 Å². The summed E-state index contributed by atoms with van der Waals surface area (Å²) in [6, 6.07) is -0.119. The first-order valence-corrected chi connectivity index (χ1v) is 6.39. The number of nitrogens with one attached hydrogen (secondary N) is 2. The van der Waals surface area contributed by atoms with Crippen LogP contribution in [-0.2, 0) is 4.74 Å². The summed E-state index contributed by atoms with van der Waals surface area (Å²) < 4.78 is 10.0. The van der Waals surface area contributed by atoms with E-state index in [1.807, 2.05) is 0 Å². The summed E-state index contributed by atoms with van der Waals surface area (Å²) in [6.45, 7) is -0.579. The topological polar surface area (TPSA) is 183 Å². The van der Waals surface area contributed by atoms with Crippen molar-refractivity contribution in [1.82, 2.24) is 9.97 Å². The van der Waals surface area contributed by atoms with Gasteiger partial charge in [0.2, 0.25) is 0 Å². The molecule has 0 unspecified atom stereocenters. The van der Waals surface area contributed by atoms with E-state index in [0.717, 1.165) is 0 Å². The molecule has 11 heteroatoms. The molecule has 1 aromatic rings. The number of H-pyrrole nitrogens is 1. The van der Waals surface area contributed by atoms with Crippen LogP contribution < -0.4 is 21.3 Å². The Morgan fingerprint density at radius 3 is 2.64 bits per heavy atom. The van der Waals surface area contributed by atoms with Crippen molar-refractivity contribution in [3.05, 3.63) is 10.4 Å². The fraction of sp³-hybridized carbons (Fsp3) is 0.636. The number of methoxy groups -OCH3 is 1. The van der Waals surface area contributed by atoms with Crippen LogP contribution in [0, 0.1) is 0 Å². The molecule has 1 fully saturated rings. The number of aliphatic hydroxyl groups excluding tert-OH is 4. The smallest absolute Gasteiger partial charge is 0.298 e. The van der Waals surface area contributed by atoms with Crippen LogP contribution in [0.3, 0.4) is 0 Å². The number of anilines is 2. The summed E-state index contributed by atoms with van der Waals surface area (Å²) in [5, 5.41) is 40.9. The number of rotatable bonds is 4. The van der Waals surface area contributed by atoms with Gasteiger partial charge in [0, 0.05) is 0 Å². The van der Waals surface area contributed by atoms with Gasteiger partial charge in [-0.25, -0.2) is 0 Å². The van der Waals surface area contributed by atoms with Gasteiger partial charge in [-0.3, -0.25) is 9.78 Å². The zero-order valence-electron chi connectivity index (χ0n) is 11.6. The molecule has 1 saturated heterocycles. The Kier molecular flexibility index (Phi) is 4.83. The van der Waals surface area contributed by atoms with Crippen molar-refractivity contribution in [1.29, 1.82) is 0 Å². The average Bonchev–Trinajstić information content (AvgIpc) is 2.51. The molecule has 1 aromatic heterocycles. The maximum absolute atomic E-state index is 11.6. The number of aromatic amines is 1. The molecule has 0 spiro atoms. The molecule has 124 valence electrons. The first kappa shape index (κ1) is 16.5. The van der Waals surface area contributed by atoms with Gasteiger partial charge in [0.05, 0.1) is 13.7 Å². The second-order valence-electron chi connectivity index (χ2n) is 4.73. The summed E-state index contributed by atoms with van der Waals surface area (Å²) in [5.41, 5.74) is 4.63. The number of aromatic nitrogens is 2. The molecule has 0 aliphatic carbocycles. The van der Waals surface area contributed by atoms with Gasteiger partial charge in [-0.15, -0.1) is 0 Å². The number of aliphatic hydroxyl groups is 4. The molecule has 8 N–H and O–H groups in total. The molecule has 5 atom stereocenters. The van der Waals surface area contributed by atoms with Gasteiger partial charge in [-0.05, 0) is 0 Å². The second kappa shape index (κ2) is 6.46. The van der Waals surface area contributed by atoms with Gasteiger partial charge in [0.25, 0.3) is 11.6 Å². The van der Waals surface area contributed by atoms with E-state index in [1.54, 1.807) is 0 Å². The van der Waals surface area contributed by atoms with Gasteiger partial charge >= 0.3 is 0 Å². The molecule has 2 heterocycles. The highest BCUT2D eigenvalue weighted by Crippen LogP contribution is 2.23. The van der Waals surface area contributed by atoms with Crippen LogP contribution in [0.4, 0.5) is 11.5 Å². The van der Waals surface area contributed by atoms with Crippen molar-refractivity contribution < 1.29 is 29.9 Å². The lowest BCUT2D eigenvalue weighted by Gasteiger charge is -2.40. The lowest BCUT2D eigenvalue weighted by atomic mass is 9.98. The lowest BCUT2D eigenvalue weighted by Crippen LogP contribution is -2.60. The van der Waals surface area contributed by atoms with Crippen molar-refractivity contribution >= 4 is 11.5 Å². The Bertz CT molecular complexity index is 578. The molecular formula is C11H18N4O7. The summed E-state index contributed by atoms with van der Waals surface area (Å²) in [7, 11) is 1.28. The zero-order valence-corrected chi connectivity index (χ0v) is 11.6. The predicted octanol–water partition coefficient (Wildman–Crippen LogP) is -3.43. The van der Waals surface area contributed by atoms with Crippen LogP contribution in [-0.4, -0.2) is 74.8 Å². The summed E-state index contributed by atoms with van der Waals surface area (Å²) >= 11 is 0. The molecule has 2 rings (SSSR count). The molecule has 1 aliphatic rings. The highest BCUT2D eigenvalue weighted by molar-refractivity contribution is 5.60. The Morgan fingerprint density at radius 1 is 1.36 bits per heavy atom. The Morgan fingerprint density at radius 2 is 2.05 bits per heavy atom. The Labute approximate surface area is 124 Å². The summed E-state index contributed by atoms with van der Waals surface area (Å²) in [6.07, 6.45) is -6.94. The average molecular weight is 318 g/mol. The Hall–Kier alpha value is -1.92. The van der Waals surface area contributed by atoms with Crippen LogP contribution in [0.15, 0.2) is 4.79 Å². The third-order valence-electron chi connectivity index (χ3n) is 3.30. The molecule has 0 saturated carbocycles. The number of hydrogen-bond donors (Lipinski definition) is 7. The van der Waals surface area contributed by atoms with E-state index in [9.17, 15) is 20.1 Å². The first-order valence-electron chi connectivity index (χ1n) is 6.39. The monoisotopic (exact) mass is 318 g/mol. The van der Waals surface area contributed by atoms with Gasteiger partial charge in [-0.2, -0.15) is 4.98 Å². The predicted molar refractivity (Wildman–Crippen MR) is 73.2 cm³/mol. The quantitative estimate of drug-likeness (QED) is 0.295. The maximum atomic E-state index is 11.6. The van der Waals surface area contributed by atoms with Crippen LogP contribution in [0.1, 0.15) is 0 Å². The van der Waals surface area contributed by atoms with Gasteiger partial charge in [0.1, 0.15) is 30.1 Å². The normalized spacial score (nSPS) is 31.8. The van der Waals surface area contributed by atoms with E-state index in [0.29, 0.717) is 0 Å². The van der Waals surface area contributed by atoms with Crippen molar-refractivity contribution in [3.63, 3.8) is 0 Å². The van der Waals surface area contributed by atoms with Crippen LogP contribution in [0.5, 0.6) is 6.01 Å². The third kappa shape index (κ3) is 2.98. The molecule has 0 amide bonds. The van der Waals surface area contributed by atoms with Crippen LogP contribution in [0.25, 0.3) is 0 Å². The molecule has 0 bridgehead atoms. The highest BCUT2D eigenvalue weighted by Gasteiger charge is 2.43. The van der Waals surface area contributed by atoms with Crippen molar-refractivity contribution in [2.75, 3.05) is 24.8 Å². The molecule has 0 aromatic carbocycles. The first-order chi connectivity index (χ1) is 10.4. The van der Waals surface area contributed by atoms with Crippen molar-refractivity contribution in [3.8, 4) is 6.01 Å². The number of hydrogen-bond acceptors (Lipinski definition) is 10. The van der Waals surface area contributed by atoms with Crippen molar-refractivity contribution in [2.24, 2.45) is 0 Å². The zero-order chi connectivity index (χ0) is 16.4. The van der Waals surface area contributed by atoms with E-state index in [1.165, 1.54) is 7.11 Å². The SMILES string of the molecule is COc1nc(N[C@@H]2O[C@H](CO)[C@@H](O)[C@H](O)[C@H]2O)c(N)c(=O)[nH]1. The minimum Gasteiger partial charge on any atom is -0.468 e. The van der Waals surface area contributed by atoms with Gasteiger partial charge in [-0.1, -0.05) is 0 Å². The van der Waals surface area contributed by atoms with E-state index in [-0.39, 0.29) is 17.5 Å². The highest BCUT2D eigenvalue weighted by atomic mass is 16.6. The standard InChI is InChI=1S/C11H18N4O7/c1-21-11-14-8(4(12)9(20)15-11)13-10-7(19)6(18)5(17)3(2-16)22-10/h3,5-7,10,16-19H,2,12H2,1H3,(H2,13,14,15,20)/t3-,5-,6+,7-,10-/m1/s1. The van der Waals surface area contributed by atoms with E-state index in [2.05, 4.69) is 15.3 Å².